The van der Waals surface area contributed by atoms with E-state index in [-0.39, 0.29) is 19.0 Å². The number of rotatable bonds is 10. The molecule has 0 spiro atoms. The Hall–Kier alpha value is -1.62. The number of hydrogen-bond donors (Lipinski definition) is 1. The van der Waals surface area contributed by atoms with Crippen LogP contribution in [-0.4, -0.2) is 55.4 Å². The number of ether oxygens (including phenoxy) is 2. The molecular formula is C19H36N3O6Si+. The van der Waals surface area contributed by atoms with Crippen LogP contribution >= 0.6 is 0 Å². The summed E-state index contributed by atoms with van der Waals surface area (Å²) in [6.07, 6.45) is -0.178. The van der Waals surface area contributed by atoms with Gasteiger partial charge in [0.25, 0.3) is 0 Å². The zero-order chi connectivity index (χ0) is 22.5. The molecule has 0 aliphatic carbocycles. The van der Waals surface area contributed by atoms with Crippen LogP contribution in [0.3, 0.4) is 0 Å². The van der Waals surface area contributed by atoms with Crippen LogP contribution < -0.4 is 5.48 Å². The molecule has 0 aromatic carbocycles. The molecule has 1 aliphatic heterocycles. The molecule has 166 valence electrons. The van der Waals surface area contributed by atoms with Crippen molar-refractivity contribution < 1.29 is 33.3 Å². The van der Waals surface area contributed by atoms with Crippen LogP contribution in [-0.2, 0) is 19.1 Å². The third-order valence-electron chi connectivity index (χ3n) is 3.99. The molecule has 1 N–H and O–H groups in total. The van der Waals surface area contributed by atoms with Gasteiger partial charge in [0.2, 0.25) is 12.5 Å². The van der Waals surface area contributed by atoms with E-state index in [2.05, 4.69) is 30.2 Å². The highest BCUT2D eigenvalue weighted by Crippen LogP contribution is 2.23. The second-order valence-corrected chi connectivity index (χ2v) is 15.5. The number of imide groups is 1. The third-order valence-corrected chi connectivity index (χ3v) is 5.69. The summed E-state index contributed by atoms with van der Waals surface area (Å²) in [5.74, 6) is -0.474. The first-order valence-electron chi connectivity index (χ1n) is 9.96. The van der Waals surface area contributed by atoms with Gasteiger partial charge in [-0.15, -0.1) is 0 Å². The van der Waals surface area contributed by atoms with Gasteiger partial charge in [-0.1, -0.05) is 33.5 Å². The average Bonchev–Trinajstić information content (AvgIpc) is 2.91. The summed E-state index contributed by atoms with van der Waals surface area (Å²) in [7, 11) is -1.36. The smallest absolute Gasteiger partial charge is 0.350 e. The number of Topliss-reactive ketones (excluding diaryl/α,β-unsaturated/α-hetero) is 1. The quantitative estimate of drug-likeness (QED) is 0.243. The predicted octanol–water partition coefficient (Wildman–Crippen LogP) is 4.02. The van der Waals surface area contributed by atoms with Gasteiger partial charge >= 0.3 is 18.0 Å². The first-order valence-corrected chi connectivity index (χ1v) is 13.7. The van der Waals surface area contributed by atoms with E-state index in [9.17, 15) is 14.4 Å². The lowest BCUT2D eigenvalue weighted by Crippen LogP contribution is -2.57. The van der Waals surface area contributed by atoms with Crippen molar-refractivity contribution in [3.8, 4) is 0 Å². The number of amides is 3. The molecule has 0 aromatic rings. The Balaban J connectivity index is 3.00. The van der Waals surface area contributed by atoms with Gasteiger partial charge < -0.3 is 9.47 Å². The SMILES string of the molecule is CC(C)CCC(=O)C1=N[N+](COCC[Si](C)(C)C)(C(=O)NOC(C)(C)C)C(=O)O1. The first-order chi connectivity index (χ1) is 13.2. The molecule has 1 atom stereocenters. The Morgan fingerprint density at radius 2 is 1.86 bits per heavy atom. The van der Waals surface area contributed by atoms with Crippen molar-refractivity contribution in [3.63, 3.8) is 0 Å². The zero-order valence-electron chi connectivity index (χ0n) is 19.0. The highest BCUT2D eigenvalue weighted by atomic mass is 28.3. The predicted molar refractivity (Wildman–Crippen MR) is 112 cm³/mol. The maximum atomic E-state index is 12.8. The Morgan fingerprint density at radius 1 is 1.24 bits per heavy atom. The molecule has 1 aliphatic rings. The summed E-state index contributed by atoms with van der Waals surface area (Å²) >= 11 is 0. The first kappa shape index (κ1) is 25.4. The lowest BCUT2D eigenvalue weighted by Gasteiger charge is -2.24. The van der Waals surface area contributed by atoms with Crippen molar-refractivity contribution in [2.45, 2.75) is 78.7 Å². The standard InChI is InChI=1S/C19H35N3O6Si/c1-14(2)9-10-15(23)16-20-22(18(25)27-16,13-26-11-12-29(6,7)8)17(24)21-28-19(3,4)5/h14H,9-13H2,1-8H3/p+1. The molecule has 1 unspecified atom stereocenters. The Bertz CT molecular complexity index is 651. The largest absolute Gasteiger partial charge is 0.562 e. The van der Waals surface area contributed by atoms with E-state index in [0.29, 0.717) is 18.9 Å². The van der Waals surface area contributed by atoms with Crippen molar-refractivity contribution in [2.75, 3.05) is 13.3 Å². The van der Waals surface area contributed by atoms with Crippen molar-refractivity contribution in [1.29, 1.82) is 0 Å². The molecule has 29 heavy (non-hydrogen) atoms. The van der Waals surface area contributed by atoms with Crippen molar-refractivity contribution in [2.24, 2.45) is 11.0 Å². The fourth-order valence-corrected chi connectivity index (χ4v) is 2.89. The minimum atomic E-state index is -1.36. The topological polar surface area (TPSA) is 103 Å². The van der Waals surface area contributed by atoms with E-state index in [1.165, 1.54) is 0 Å². The summed E-state index contributed by atoms with van der Waals surface area (Å²) in [5, 5.41) is 4.04. The summed E-state index contributed by atoms with van der Waals surface area (Å²) in [6, 6.07) is -0.0175. The number of nitrogens with one attached hydrogen (secondary N) is 1. The van der Waals surface area contributed by atoms with Gasteiger partial charge in [0.1, 0.15) is 0 Å². The number of cyclic esters (lactones) is 1. The summed E-state index contributed by atoms with van der Waals surface area (Å²) in [6.45, 7) is 15.8. The molecule has 0 fully saturated rings. The van der Waals surface area contributed by atoms with E-state index < -0.39 is 36.2 Å². The molecule has 0 saturated carbocycles. The molecule has 1 heterocycles. The molecule has 0 radical (unpaired) electrons. The van der Waals surface area contributed by atoms with Crippen LogP contribution in [0.2, 0.25) is 25.7 Å². The monoisotopic (exact) mass is 430 g/mol. The van der Waals surface area contributed by atoms with Gasteiger partial charge in [0.15, 0.2) is 0 Å². The van der Waals surface area contributed by atoms with Crippen LogP contribution in [0.15, 0.2) is 5.10 Å². The normalized spacial score (nSPS) is 19.9. The number of carbonyl (C=O) groups is 3. The second-order valence-electron chi connectivity index (χ2n) is 9.87. The van der Waals surface area contributed by atoms with Crippen molar-refractivity contribution in [3.05, 3.63) is 0 Å². The number of quaternary nitrogens is 1. The number of urea groups is 1. The zero-order valence-corrected chi connectivity index (χ0v) is 20.0. The van der Waals surface area contributed by atoms with E-state index >= 15 is 0 Å². The van der Waals surface area contributed by atoms with Gasteiger partial charge in [-0.05, 0) is 44.3 Å². The summed E-state index contributed by atoms with van der Waals surface area (Å²) in [4.78, 5) is 43.1. The van der Waals surface area contributed by atoms with Crippen LogP contribution in [0.4, 0.5) is 9.59 Å². The van der Waals surface area contributed by atoms with Gasteiger partial charge in [-0.25, -0.2) is 4.79 Å². The number of hydrogen-bond acceptors (Lipinski definition) is 7. The molecular weight excluding hydrogens is 394 g/mol. The number of ketones is 1. The van der Waals surface area contributed by atoms with E-state index in [4.69, 9.17) is 14.3 Å². The Morgan fingerprint density at radius 3 is 2.38 bits per heavy atom. The van der Waals surface area contributed by atoms with Gasteiger partial charge in [0.05, 0.1) is 12.2 Å². The molecule has 0 saturated heterocycles. The lowest BCUT2D eigenvalue weighted by atomic mass is 10.1. The van der Waals surface area contributed by atoms with Crippen LogP contribution in [0.1, 0.15) is 47.5 Å². The van der Waals surface area contributed by atoms with Crippen molar-refractivity contribution in [1.82, 2.24) is 5.48 Å². The van der Waals surface area contributed by atoms with E-state index in [1.807, 2.05) is 13.8 Å². The Labute approximate surface area is 174 Å². The molecule has 9 nitrogen and oxygen atoms in total. The van der Waals surface area contributed by atoms with Gasteiger partial charge in [-0.2, -0.15) is 10.3 Å². The maximum Gasteiger partial charge on any atom is 0.562 e. The highest BCUT2D eigenvalue weighted by molar-refractivity contribution is 6.76. The van der Waals surface area contributed by atoms with Crippen LogP contribution in [0, 0.1) is 5.92 Å². The number of carbonyl (C=O) groups excluding carboxylic acids is 3. The maximum absolute atomic E-state index is 12.8. The minimum absolute atomic E-state index is 0.181. The fourth-order valence-electron chi connectivity index (χ4n) is 2.13. The molecule has 0 bridgehead atoms. The molecule has 0 aromatic heterocycles. The summed E-state index contributed by atoms with van der Waals surface area (Å²) in [5.41, 5.74) is 1.57. The van der Waals surface area contributed by atoms with E-state index in [1.54, 1.807) is 20.8 Å². The Kier molecular flexibility index (Phi) is 8.69. The third kappa shape index (κ3) is 8.33. The minimum Gasteiger partial charge on any atom is -0.350 e. The molecule has 10 heteroatoms. The summed E-state index contributed by atoms with van der Waals surface area (Å²) < 4.78 is 9.52. The number of hydroxylamine groups is 1. The highest BCUT2D eigenvalue weighted by Gasteiger charge is 2.56. The van der Waals surface area contributed by atoms with Gasteiger partial charge in [-0.3, -0.25) is 9.63 Å². The van der Waals surface area contributed by atoms with Crippen molar-refractivity contribution >= 4 is 31.9 Å². The number of nitrogens with zero attached hydrogens (tertiary/aromatic N) is 2. The van der Waals surface area contributed by atoms with Crippen LogP contribution in [0.5, 0.6) is 0 Å². The van der Waals surface area contributed by atoms with Gasteiger partial charge in [0, 0.05) is 19.1 Å². The molecule has 1 rings (SSSR count). The molecule has 3 amide bonds. The second kappa shape index (κ2) is 9.92. The van der Waals surface area contributed by atoms with E-state index in [0.717, 1.165) is 6.04 Å². The lowest BCUT2D eigenvalue weighted by molar-refractivity contribution is -0.801. The average molecular weight is 431 g/mol. The fraction of sp³-hybridized carbons (Fsp3) is 0.789. The van der Waals surface area contributed by atoms with Crippen LogP contribution in [0.25, 0.3) is 0 Å².